The van der Waals surface area contributed by atoms with E-state index in [0.717, 1.165) is 12.2 Å². The fourth-order valence-corrected chi connectivity index (χ4v) is 5.10. The number of amides is 1. The average Bonchev–Trinajstić information content (AvgIpc) is 3.26. The van der Waals surface area contributed by atoms with Crippen molar-refractivity contribution in [1.29, 1.82) is 0 Å². The summed E-state index contributed by atoms with van der Waals surface area (Å²) >= 11 is 0. The molecule has 0 spiro atoms. The summed E-state index contributed by atoms with van der Waals surface area (Å²) in [6.45, 7) is 4.52. The van der Waals surface area contributed by atoms with Crippen molar-refractivity contribution in [2.75, 3.05) is 38.5 Å². The van der Waals surface area contributed by atoms with Crippen molar-refractivity contribution in [3.63, 3.8) is 0 Å². The molecule has 7 nitrogen and oxygen atoms in total. The molecular formula is C22H27N3O4S. The summed E-state index contributed by atoms with van der Waals surface area (Å²) in [4.78, 5) is 14.6. The summed E-state index contributed by atoms with van der Waals surface area (Å²) in [5.74, 6) is 2.40. The van der Waals surface area contributed by atoms with Gasteiger partial charge in [-0.1, -0.05) is 13.0 Å². The highest BCUT2D eigenvalue weighted by Gasteiger charge is 2.36. The van der Waals surface area contributed by atoms with E-state index in [1.165, 1.54) is 16.4 Å². The summed E-state index contributed by atoms with van der Waals surface area (Å²) < 4.78 is 33.0. The molecule has 1 aliphatic heterocycles. The molecule has 30 heavy (non-hydrogen) atoms. The molecule has 1 saturated carbocycles. The number of likely N-dealkylation sites (N-methyl/N-ethyl adjacent to an activating group) is 1. The fourth-order valence-electron chi connectivity index (χ4n) is 3.63. The van der Waals surface area contributed by atoms with Crippen molar-refractivity contribution in [2.24, 2.45) is 5.92 Å². The predicted molar refractivity (Wildman–Crippen MR) is 116 cm³/mol. The molecular weight excluding hydrogens is 402 g/mol. The molecule has 2 fully saturated rings. The average molecular weight is 430 g/mol. The third-order valence-electron chi connectivity index (χ3n) is 5.72. The predicted octanol–water partition coefficient (Wildman–Crippen LogP) is 2.99. The van der Waals surface area contributed by atoms with Gasteiger partial charge in [-0.3, -0.25) is 4.79 Å². The molecule has 2 heterocycles. The topological polar surface area (TPSA) is 82.9 Å². The molecule has 1 aromatic carbocycles. The molecule has 2 atom stereocenters. The standard InChI is InChI=1S/C22H27N3O4S/c1-16-14-20(16)21-8-6-18(29-21)7-9-22(26)23-17-4-3-5-19(15-17)30(27,28)25-12-10-24(2)11-13-25/h3-9,15-16,20H,10-14H2,1-2H3,(H,23,26)/b9-7+. The van der Waals surface area contributed by atoms with E-state index in [0.29, 0.717) is 49.5 Å². The molecule has 2 aromatic rings. The van der Waals surface area contributed by atoms with Crippen LogP contribution in [0.15, 0.2) is 51.8 Å². The van der Waals surface area contributed by atoms with Crippen LogP contribution in [0.4, 0.5) is 5.69 Å². The zero-order valence-electron chi connectivity index (χ0n) is 17.2. The summed E-state index contributed by atoms with van der Waals surface area (Å²) in [5.41, 5.74) is 0.437. The van der Waals surface area contributed by atoms with Crippen LogP contribution in [0.1, 0.15) is 30.8 Å². The first-order valence-electron chi connectivity index (χ1n) is 10.2. The summed E-state index contributed by atoms with van der Waals surface area (Å²) in [7, 11) is -1.60. The molecule has 0 radical (unpaired) electrons. The summed E-state index contributed by atoms with van der Waals surface area (Å²) in [5, 5.41) is 2.73. The van der Waals surface area contributed by atoms with Crippen LogP contribution in [-0.2, 0) is 14.8 Å². The third-order valence-corrected chi connectivity index (χ3v) is 7.62. The van der Waals surface area contributed by atoms with E-state index in [4.69, 9.17) is 4.42 Å². The van der Waals surface area contributed by atoms with E-state index in [-0.39, 0.29) is 10.8 Å². The highest BCUT2D eigenvalue weighted by Crippen LogP contribution is 2.47. The number of rotatable bonds is 6. The van der Waals surface area contributed by atoms with Crippen molar-refractivity contribution >= 4 is 27.7 Å². The largest absolute Gasteiger partial charge is 0.461 e. The van der Waals surface area contributed by atoms with Crippen molar-refractivity contribution in [2.45, 2.75) is 24.2 Å². The molecule has 2 unspecified atom stereocenters. The van der Waals surface area contributed by atoms with Crippen molar-refractivity contribution in [3.8, 4) is 0 Å². The second-order valence-electron chi connectivity index (χ2n) is 8.12. The number of benzene rings is 1. The van der Waals surface area contributed by atoms with Crippen LogP contribution in [0.3, 0.4) is 0 Å². The Hall–Kier alpha value is -2.42. The van der Waals surface area contributed by atoms with Gasteiger partial charge < -0.3 is 14.6 Å². The Morgan fingerprint density at radius 3 is 2.60 bits per heavy atom. The smallest absolute Gasteiger partial charge is 0.248 e. The number of hydrogen-bond donors (Lipinski definition) is 1. The SMILES string of the molecule is CC1CC1c1ccc(/C=C/C(=O)Nc2cccc(S(=O)(=O)N3CCN(C)CC3)c2)o1. The maximum atomic E-state index is 12.9. The Morgan fingerprint density at radius 1 is 1.17 bits per heavy atom. The Labute approximate surface area is 177 Å². The Balaban J connectivity index is 1.40. The van der Waals surface area contributed by atoms with Gasteiger partial charge in [0.15, 0.2) is 0 Å². The van der Waals surface area contributed by atoms with E-state index < -0.39 is 10.0 Å². The number of furan rings is 1. The Bertz CT molecular complexity index is 1050. The maximum Gasteiger partial charge on any atom is 0.248 e. The van der Waals surface area contributed by atoms with Crippen LogP contribution in [-0.4, -0.2) is 56.8 Å². The number of nitrogens with one attached hydrogen (secondary N) is 1. The van der Waals surface area contributed by atoms with Gasteiger partial charge in [0.1, 0.15) is 11.5 Å². The lowest BCUT2D eigenvalue weighted by Crippen LogP contribution is -2.47. The molecule has 160 valence electrons. The number of carbonyl (C=O) groups is 1. The number of carbonyl (C=O) groups excluding carboxylic acids is 1. The van der Waals surface area contributed by atoms with Crippen LogP contribution in [0.2, 0.25) is 0 Å². The first kappa shape index (κ1) is 20.8. The first-order chi connectivity index (χ1) is 14.3. The van der Waals surface area contributed by atoms with Gasteiger partial charge in [0.25, 0.3) is 0 Å². The van der Waals surface area contributed by atoms with E-state index >= 15 is 0 Å². The van der Waals surface area contributed by atoms with E-state index in [1.807, 2.05) is 19.2 Å². The second-order valence-corrected chi connectivity index (χ2v) is 10.1. The molecule has 1 amide bonds. The lowest BCUT2D eigenvalue weighted by atomic mass is 10.3. The van der Waals surface area contributed by atoms with Crippen LogP contribution >= 0.6 is 0 Å². The minimum Gasteiger partial charge on any atom is -0.461 e. The lowest BCUT2D eigenvalue weighted by Gasteiger charge is -2.31. The van der Waals surface area contributed by atoms with Crippen LogP contribution in [0.25, 0.3) is 6.08 Å². The van der Waals surface area contributed by atoms with Crippen molar-refractivity contribution in [1.82, 2.24) is 9.21 Å². The Morgan fingerprint density at radius 2 is 1.90 bits per heavy atom. The van der Waals surface area contributed by atoms with Gasteiger partial charge in [-0.2, -0.15) is 4.31 Å². The highest BCUT2D eigenvalue weighted by atomic mass is 32.2. The van der Waals surface area contributed by atoms with Crippen LogP contribution in [0.5, 0.6) is 0 Å². The minimum atomic E-state index is -3.58. The molecule has 8 heteroatoms. The molecule has 2 aliphatic rings. The van der Waals surface area contributed by atoms with Gasteiger partial charge in [0.05, 0.1) is 4.90 Å². The van der Waals surface area contributed by atoms with Gasteiger partial charge in [-0.15, -0.1) is 0 Å². The summed E-state index contributed by atoms with van der Waals surface area (Å²) in [6.07, 6.45) is 4.15. The zero-order chi connectivity index (χ0) is 21.3. The normalized spacial score (nSPS) is 23.0. The van der Waals surface area contributed by atoms with Crippen molar-refractivity contribution in [3.05, 3.63) is 54.0 Å². The van der Waals surface area contributed by atoms with Gasteiger partial charge in [-0.05, 0) is 55.8 Å². The van der Waals surface area contributed by atoms with Gasteiger partial charge >= 0.3 is 0 Å². The summed E-state index contributed by atoms with van der Waals surface area (Å²) in [6, 6.07) is 10.2. The molecule has 1 aromatic heterocycles. The third kappa shape index (κ3) is 4.66. The monoisotopic (exact) mass is 429 g/mol. The van der Waals surface area contributed by atoms with E-state index in [1.54, 1.807) is 24.3 Å². The fraction of sp³-hybridized carbons (Fsp3) is 0.409. The Kier molecular flexibility index (Phi) is 5.81. The lowest BCUT2D eigenvalue weighted by molar-refractivity contribution is -0.111. The number of anilines is 1. The molecule has 4 rings (SSSR count). The number of nitrogens with zero attached hydrogens (tertiary/aromatic N) is 2. The van der Waals surface area contributed by atoms with Gasteiger partial charge in [0, 0.05) is 43.9 Å². The van der Waals surface area contributed by atoms with Gasteiger partial charge in [-0.25, -0.2) is 8.42 Å². The van der Waals surface area contributed by atoms with Gasteiger partial charge in [0.2, 0.25) is 15.9 Å². The second kappa shape index (κ2) is 8.37. The molecule has 0 bridgehead atoms. The quantitative estimate of drug-likeness (QED) is 0.714. The molecule has 1 aliphatic carbocycles. The van der Waals surface area contributed by atoms with Crippen LogP contribution < -0.4 is 5.32 Å². The van der Waals surface area contributed by atoms with Crippen LogP contribution in [0, 0.1) is 5.92 Å². The highest BCUT2D eigenvalue weighted by molar-refractivity contribution is 7.89. The van der Waals surface area contributed by atoms with Crippen molar-refractivity contribution < 1.29 is 17.6 Å². The number of hydrogen-bond acceptors (Lipinski definition) is 5. The number of sulfonamides is 1. The minimum absolute atomic E-state index is 0.183. The number of piperazine rings is 1. The van der Waals surface area contributed by atoms with E-state index in [9.17, 15) is 13.2 Å². The molecule has 1 saturated heterocycles. The zero-order valence-corrected chi connectivity index (χ0v) is 18.1. The maximum absolute atomic E-state index is 12.9. The van der Waals surface area contributed by atoms with E-state index in [2.05, 4.69) is 17.1 Å². The first-order valence-corrected chi connectivity index (χ1v) is 11.6. The molecule has 1 N–H and O–H groups in total.